The molecule has 2 aromatic rings. The average Bonchev–Trinajstić information content (AvgIpc) is 2.65. The number of sulfonamides is 1. The number of carbonyl (C=O) groups excluding carboxylic acids is 1. The Morgan fingerprint density at radius 2 is 1.71 bits per heavy atom. The van der Waals surface area contributed by atoms with Crippen molar-refractivity contribution in [1.82, 2.24) is 4.72 Å². The fourth-order valence-corrected chi connectivity index (χ4v) is 3.81. The van der Waals surface area contributed by atoms with E-state index in [1.165, 1.54) is 0 Å². The Labute approximate surface area is 162 Å². The molecule has 8 heteroatoms. The second-order valence-electron chi connectivity index (χ2n) is 6.28. The van der Waals surface area contributed by atoms with Crippen LogP contribution in [0.5, 0.6) is 0 Å². The second kappa shape index (κ2) is 8.50. The summed E-state index contributed by atoms with van der Waals surface area (Å²) in [4.78, 5) is 13.2. The van der Waals surface area contributed by atoms with Gasteiger partial charge in [-0.05, 0) is 49.2 Å². The topological polar surface area (TPSA) is 66.5 Å². The normalized spacial score (nSPS) is 14.5. The predicted octanol–water partition coefficient (Wildman–Crippen LogP) is 2.81. The molecule has 1 aliphatic heterocycles. The Bertz CT molecular complexity index is 1020. The number of piperidine rings is 1. The minimum Gasteiger partial charge on any atom is -0.312 e. The van der Waals surface area contributed by atoms with Crippen molar-refractivity contribution >= 4 is 21.6 Å². The van der Waals surface area contributed by atoms with Crippen molar-refractivity contribution in [2.24, 2.45) is 0 Å². The summed E-state index contributed by atoms with van der Waals surface area (Å²) in [5, 5.41) is 0. The zero-order valence-corrected chi connectivity index (χ0v) is 15.7. The van der Waals surface area contributed by atoms with Gasteiger partial charge in [-0.25, -0.2) is 17.2 Å². The molecule has 1 amide bonds. The highest BCUT2D eigenvalue weighted by atomic mass is 32.2. The molecule has 0 unspecified atom stereocenters. The predicted molar refractivity (Wildman–Crippen MR) is 101 cm³/mol. The number of anilines is 1. The maximum absolute atomic E-state index is 13.2. The lowest BCUT2D eigenvalue weighted by Gasteiger charge is -2.26. The van der Waals surface area contributed by atoms with Crippen LogP contribution < -0.4 is 9.62 Å². The molecule has 5 nitrogen and oxygen atoms in total. The monoisotopic (exact) mass is 404 g/mol. The Morgan fingerprint density at radius 1 is 1.04 bits per heavy atom. The van der Waals surface area contributed by atoms with Gasteiger partial charge in [-0.3, -0.25) is 4.79 Å². The van der Waals surface area contributed by atoms with E-state index in [-0.39, 0.29) is 12.5 Å². The SMILES string of the molecule is O=C1CCCCN1c1ccc(C#CCNS(=O)(=O)c2cc(F)cc(F)c2)cc1. The maximum atomic E-state index is 13.2. The molecular weight excluding hydrogens is 386 g/mol. The van der Waals surface area contributed by atoms with E-state index in [1.807, 2.05) is 0 Å². The third-order valence-electron chi connectivity index (χ3n) is 4.23. The first-order chi connectivity index (χ1) is 13.3. The highest BCUT2D eigenvalue weighted by Gasteiger charge is 2.19. The molecule has 1 fully saturated rings. The first-order valence-corrected chi connectivity index (χ1v) is 10.2. The van der Waals surface area contributed by atoms with Crippen LogP contribution in [-0.4, -0.2) is 27.4 Å². The fourth-order valence-electron chi connectivity index (χ4n) is 2.85. The van der Waals surface area contributed by atoms with Crippen LogP contribution in [0.1, 0.15) is 24.8 Å². The highest BCUT2D eigenvalue weighted by molar-refractivity contribution is 7.89. The molecule has 0 aromatic heterocycles. The van der Waals surface area contributed by atoms with Crippen LogP contribution in [0, 0.1) is 23.5 Å². The highest BCUT2D eigenvalue weighted by Crippen LogP contribution is 2.21. The lowest BCUT2D eigenvalue weighted by Crippen LogP contribution is -2.35. The zero-order valence-electron chi connectivity index (χ0n) is 14.9. The number of hydrogen-bond acceptors (Lipinski definition) is 3. The maximum Gasteiger partial charge on any atom is 0.241 e. The number of amides is 1. The van der Waals surface area contributed by atoms with E-state index in [2.05, 4.69) is 16.6 Å². The summed E-state index contributed by atoms with van der Waals surface area (Å²) in [6.07, 6.45) is 2.44. The van der Waals surface area contributed by atoms with Gasteiger partial charge in [0.15, 0.2) is 0 Å². The van der Waals surface area contributed by atoms with Crippen molar-refractivity contribution in [3.8, 4) is 11.8 Å². The molecule has 1 saturated heterocycles. The van der Waals surface area contributed by atoms with E-state index in [9.17, 15) is 22.0 Å². The summed E-state index contributed by atoms with van der Waals surface area (Å²) in [6.45, 7) is 0.485. The fraction of sp³-hybridized carbons (Fsp3) is 0.250. The molecule has 0 spiro atoms. The number of benzene rings is 2. The number of hydrogen-bond donors (Lipinski definition) is 1. The lowest BCUT2D eigenvalue weighted by atomic mass is 10.1. The van der Waals surface area contributed by atoms with Gasteiger partial charge in [0.1, 0.15) is 11.6 Å². The van der Waals surface area contributed by atoms with Crippen molar-refractivity contribution in [1.29, 1.82) is 0 Å². The molecule has 3 rings (SSSR count). The smallest absolute Gasteiger partial charge is 0.241 e. The summed E-state index contributed by atoms with van der Waals surface area (Å²) in [7, 11) is -4.06. The van der Waals surface area contributed by atoms with Gasteiger partial charge >= 0.3 is 0 Å². The van der Waals surface area contributed by atoms with Crippen molar-refractivity contribution < 1.29 is 22.0 Å². The molecule has 0 saturated carbocycles. The Kier molecular flexibility index (Phi) is 6.07. The quantitative estimate of drug-likeness (QED) is 0.797. The van der Waals surface area contributed by atoms with E-state index >= 15 is 0 Å². The number of carbonyl (C=O) groups is 1. The minimum absolute atomic E-state index is 0.105. The van der Waals surface area contributed by atoms with E-state index in [0.29, 0.717) is 24.6 Å². The summed E-state index contributed by atoms with van der Waals surface area (Å²) in [6, 6.07) is 9.17. The molecule has 0 atom stereocenters. The van der Waals surface area contributed by atoms with Crippen LogP contribution >= 0.6 is 0 Å². The van der Waals surface area contributed by atoms with Gasteiger partial charge in [-0.2, -0.15) is 4.72 Å². The van der Waals surface area contributed by atoms with Crippen LogP contribution in [0.2, 0.25) is 0 Å². The molecule has 1 aliphatic rings. The average molecular weight is 404 g/mol. The third-order valence-corrected chi connectivity index (χ3v) is 5.61. The van der Waals surface area contributed by atoms with Crippen molar-refractivity contribution in [2.75, 3.05) is 18.0 Å². The zero-order chi connectivity index (χ0) is 20.1. The van der Waals surface area contributed by atoms with Gasteiger partial charge in [-0.1, -0.05) is 11.8 Å². The van der Waals surface area contributed by atoms with Crippen molar-refractivity contribution in [2.45, 2.75) is 24.2 Å². The first-order valence-electron chi connectivity index (χ1n) is 8.70. The second-order valence-corrected chi connectivity index (χ2v) is 8.05. The Balaban J connectivity index is 1.62. The van der Waals surface area contributed by atoms with Crippen molar-refractivity contribution in [3.05, 3.63) is 59.7 Å². The summed E-state index contributed by atoms with van der Waals surface area (Å²) in [5.74, 6) is 3.62. The molecular formula is C20H18F2N2O3S. The van der Waals surface area contributed by atoms with Gasteiger partial charge < -0.3 is 4.90 Å². The van der Waals surface area contributed by atoms with Crippen molar-refractivity contribution in [3.63, 3.8) is 0 Å². The van der Waals surface area contributed by atoms with Crippen LogP contribution in [-0.2, 0) is 14.8 Å². The van der Waals surface area contributed by atoms with Gasteiger partial charge in [0.05, 0.1) is 11.4 Å². The largest absolute Gasteiger partial charge is 0.312 e. The third kappa shape index (κ3) is 4.94. The number of nitrogens with zero attached hydrogens (tertiary/aromatic N) is 1. The molecule has 0 radical (unpaired) electrons. The van der Waals surface area contributed by atoms with Gasteiger partial charge in [-0.15, -0.1) is 0 Å². The molecule has 1 heterocycles. The van der Waals surface area contributed by atoms with Gasteiger partial charge in [0.25, 0.3) is 0 Å². The summed E-state index contributed by atoms with van der Waals surface area (Å²) < 4.78 is 52.6. The first kappa shape index (κ1) is 20.0. The number of halogens is 2. The number of rotatable bonds is 4. The Hall–Kier alpha value is -2.76. The van der Waals surface area contributed by atoms with E-state index in [4.69, 9.17) is 0 Å². The minimum atomic E-state index is -4.06. The van der Waals surface area contributed by atoms with E-state index < -0.39 is 26.6 Å². The van der Waals surface area contributed by atoms with Gasteiger partial charge in [0, 0.05) is 30.3 Å². The van der Waals surface area contributed by atoms with Crippen LogP contribution in [0.4, 0.5) is 14.5 Å². The standard InChI is InChI=1S/C20H18F2N2O3S/c21-16-12-17(22)14-19(13-16)28(26,27)23-10-3-4-15-6-8-18(9-7-15)24-11-2-1-5-20(24)25/h6-9,12-14,23H,1-2,5,10-11H2. The summed E-state index contributed by atoms with van der Waals surface area (Å²) >= 11 is 0. The molecule has 2 aromatic carbocycles. The van der Waals surface area contributed by atoms with Gasteiger partial charge in [0.2, 0.25) is 15.9 Å². The lowest BCUT2D eigenvalue weighted by molar-refractivity contribution is -0.119. The van der Waals surface area contributed by atoms with E-state index in [0.717, 1.165) is 30.7 Å². The molecule has 1 N–H and O–H groups in total. The molecule has 146 valence electrons. The van der Waals surface area contributed by atoms with Crippen LogP contribution in [0.25, 0.3) is 0 Å². The number of nitrogens with one attached hydrogen (secondary N) is 1. The van der Waals surface area contributed by atoms with Crippen LogP contribution in [0.15, 0.2) is 47.4 Å². The molecule has 0 bridgehead atoms. The van der Waals surface area contributed by atoms with E-state index in [1.54, 1.807) is 29.2 Å². The summed E-state index contributed by atoms with van der Waals surface area (Å²) in [5.41, 5.74) is 1.47. The molecule has 28 heavy (non-hydrogen) atoms. The van der Waals surface area contributed by atoms with Crippen LogP contribution in [0.3, 0.4) is 0 Å². The Morgan fingerprint density at radius 3 is 2.36 bits per heavy atom. The molecule has 0 aliphatic carbocycles.